The predicted octanol–water partition coefficient (Wildman–Crippen LogP) is 5.85. The Labute approximate surface area is 209 Å². The molecule has 0 radical (unpaired) electrons. The van der Waals surface area contributed by atoms with E-state index in [1.165, 1.54) is 6.08 Å². The van der Waals surface area contributed by atoms with Crippen LogP contribution < -0.4 is 15.0 Å². The summed E-state index contributed by atoms with van der Waals surface area (Å²) in [5.74, 6) is -0.838. The van der Waals surface area contributed by atoms with Crippen LogP contribution >= 0.6 is 15.9 Å². The third kappa shape index (κ3) is 4.72. The number of anilines is 1. The molecule has 35 heavy (non-hydrogen) atoms. The van der Waals surface area contributed by atoms with Gasteiger partial charge in [-0.3, -0.25) is 14.9 Å². The van der Waals surface area contributed by atoms with Crippen molar-refractivity contribution in [2.45, 2.75) is 6.61 Å². The second-order valence-corrected chi connectivity index (χ2v) is 8.85. The Morgan fingerprint density at radius 2 is 1.60 bits per heavy atom. The standard InChI is InChI=1S/C28H19BrN2O4/c29-21-11-13-22(14-12-21)31-27(33)25(26(32)30-28(31)34)16-18-5-3-9-23(15-18)35-17-20-8-4-7-19-6-1-2-10-24(19)20/h1-16H,17H2,(H,30,32,34). The van der Waals surface area contributed by atoms with Crippen LogP contribution in [0, 0.1) is 0 Å². The van der Waals surface area contributed by atoms with E-state index in [9.17, 15) is 14.4 Å². The second kappa shape index (κ2) is 9.56. The highest BCUT2D eigenvalue weighted by molar-refractivity contribution is 9.10. The molecule has 0 atom stereocenters. The molecule has 0 bridgehead atoms. The van der Waals surface area contributed by atoms with Gasteiger partial charge in [0, 0.05) is 4.47 Å². The van der Waals surface area contributed by atoms with Gasteiger partial charge in [-0.1, -0.05) is 70.5 Å². The number of barbiturate groups is 1. The van der Waals surface area contributed by atoms with Crippen LogP contribution in [0.4, 0.5) is 10.5 Å². The Hall–Kier alpha value is -4.23. The molecule has 0 saturated carbocycles. The van der Waals surface area contributed by atoms with Crippen molar-refractivity contribution in [2.75, 3.05) is 4.90 Å². The highest BCUT2D eigenvalue weighted by Crippen LogP contribution is 2.25. The number of carbonyl (C=O) groups is 3. The number of hydrogen-bond acceptors (Lipinski definition) is 4. The molecule has 1 aliphatic rings. The average molecular weight is 527 g/mol. The highest BCUT2D eigenvalue weighted by Gasteiger charge is 2.36. The molecular formula is C28H19BrN2O4. The third-order valence-corrected chi connectivity index (χ3v) is 6.16. The quantitative estimate of drug-likeness (QED) is 0.261. The monoisotopic (exact) mass is 526 g/mol. The first kappa shape index (κ1) is 22.6. The van der Waals surface area contributed by atoms with Crippen molar-refractivity contribution < 1.29 is 19.1 Å². The summed E-state index contributed by atoms with van der Waals surface area (Å²) < 4.78 is 6.82. The van der Waals surface area contributed by atoms with E-state index in [1.54, 1.807) is 42.5 Å². The summed E-state index contributed by atoms with van der Waals surface area (Å²) in [6, 6.07) is 27.2. The zero-order valence-corrected chi connectivity index (χ0v) is 20.0. The van der Waals surface area contributed by atoms with E-state index in [4.69, 9.17) is 4.74 Å². The molecule has 1 saturated heterocycles. The van der Waals surface area contributed by atoms with E-state index < -0.39 is 17.8 Å². The molecule has 1 N–H and O–H groups in total. The lowest BCUT2D eigenvalue weighted by Gasteiger charge is -2.26. The largest absolute Gasteiger partial charge is 0.489 e. The van der Waals surface area contributed by atoms with Crippen LogP contribution in [-0.2, 0) is 16.2 Å². The van der Waals surface area contributed by atoms with Crippen LogP contribution in [0.3, 0.4) is 0 Å². The molecule has 1 heterocycles. The summed E-state index contributed by atoms with van der Waals surface area (Å²) in [6.07, 6.45) is 1.46. The summed E-state index contributed by atoms with van der Waals surface area (Å²) in [6.45, 7) is 0.368. The van der Waals surface area contributed by atoms with Gasteiger partial charge in [0.05, 0.1) is 5.69 Å². The molecule has 5 rings (SSSR count). The molecule has 0 unspecified atom stereocenters. The van der Waals surface area contributed by atoms with Gasteiger partial charge in [-0.15, -0.1) is 0 Å². The number of nitrogens with zero attached hydrogens (tertiary/aromatic N) is 1. The number of imide groups is 2. The number of hydrogen-bond donors (Lipinski definition) is 1. The molecule has 4 aromatic carbocycles. The van der Waals surface area contributed by atoms with Gasteiger partial charge in [0.2, 0.25) is 0 Å². The summed E-state index contributed by atoms with van der Waals surface area (Å²) >= 11 is 3.33. The lowest BCUT2D eigenvalue weighted by molar-refractivity contribution is -0.122. The molecule has 4 aromatic rings. The van der Waals surface area contributed by atoms with E-state index >= 15 is 0 Å². The molecule has 172 valence electrons. The minimum Gasteiger partial charge on any atom is -0.489 e. The van der Waals surface area contributed by atoms with Gasteiger partial charge in [0.15, 0.2) is 0 Å². The number of halogens is 1. The average Bonchev–Trinajstić information content (AvgIpc) is 2.86. The van der Waals surface area contributed by atoms with Crippen LogP contribution in [0.2, 0.25) is 0 Å². The maximum Gasteiger partial charge on any atom is 0.335 e. The number of rotatable bonds is 5. The lowest BCUT2D eigenvalue weighted by Crippen LogP contribution is -2.54. The maximum absolute atomic E-state index is 13.1. The molecule has 0 spiro atoms. The van der Waals surface area contributed by atoms with Crippen LogP contribution in [0.5, 0.6) is 5.75 Å². The first-order chi connectivity index (χ1) is 17.0. The van der Waals surface area contributed by atoms with Gasteiger partial charge in [-0.2, -0.15) is 0 Å². The Balaban J connectivity index is 1.39. The molecule has 1 aliphatic heterocycles. The van der Waals surface area contributed by atoms with Crippen molar-refractivity contribution in [3.8, 4) is 5.75 Å². The SMILES string of the molecule is O=C1NC(=O)N(c2ccc(Br)cc2)C(=O)C1=Cc1cccc(OCc2cccc3ccccc23)c1. The highest BCUT2D eigenvalue weighted by atomic mass is 79.9. The van der Waals surface area contributed by atoms with Gasteiger partial charge in [-0.05, 0) is 64.4 Å². The van der Waals surface area contributed by atoms with E-state index in [-0.39, 0.29) is 5.57 Å². The minimum absolute atomic E-state index is 0.140. The number of amides is 4. The van der Waals surface area contributed by atoms with Gasteiger partial charge >= 0.3 is 6.03 Å². The summed E-state index contributed by atoms with van der Waals surface area (Å²) in [7, 11) is 0. The molecule has 7 heteroatoms. The Bertz CT molecular complexity index is 1490. The van der Waals surface area contributed by atoms with Crippen molar-refractivity contribution in [1.29, 1.82) is 0 Å². The topological polar surface area (TPSA) is 75.7 Å². The zero-order chi connectivity index (χ0) is 24.4. The van der Waals surface area contributed by atoms with Crippen molar-refractivity contribution >= 4 is 56.3 Å². The molecule has 6 nitrogen and oxygen atoms in total. The van der Waals surface area contributed by atoms with Crippen LogP contribution in [0.25, 0.3) is 16.8 Å². The number of carbonyl (C=O) groups excluding carboxylic acids is 3. The van der Waals surface area contributed by atoms with Crippen molar-refractivity contribution in [3.63, 3.8) is 0 Å². The Kier molecular flexibility index (Phi) is 6.16. The number of ether oxygens (including phenoxy) is 1. The molecule has 0 aliphatic carbocycles. The van der Waals surface area contributed by atoms with Gasteiger partial charge in [-0.25, -0.2) is 9.69 Å². The minimum atomic E-state index is -0.786. The molecule has 1 fully saturated rings. The lowest BCUT2D eigenvalue weighted by atomic mass is 10.1. The van der Waals surface area contributed by atoms with E-state index in [0.717, 1.165) is 25.7 Å². The van der Waals surface area contributed by atoms with Crippen molar-refractivity contribution in [1.82, 2.24) is 5.32 Å². The van der Waals surface area contributed by atoms with Crippen molar-refractivity contribution in [3.05, 3.63) is 112 Å². The normalized spacial score (nSPS) is 14.9. The smallest absolute Gasteiger partial charge is 0.335 e. The van der Waals surface area contributed by atoms with E-state index in [0.29, 0.717) is 23.6 Å². The maximum atomic E-state index is 13.1. The Morgan fingerprint density at radius 3 is 2.43 bits per heavy atom. The second-order valence-electron chi connectivity index (χ2n) is 7.93. The molecule has 4 amide bonds. The first-order valence-corrected chi connectivity index (χ1v) is 11.7. The van der Waals surface area contributed by atoms with E-state index in [2.05, 4.69) is 39.4 Å². The zero-order valence-electron chi connectivity index (χ0n) is 18.4. The number of urea groups is 1. The number of nitrogens with one attached hydrogen (secondary N) is 1. The summed E-state index contributed by atoms with van der Waals surface area (Å²) in [5, 5.41) is 4.50. The fourth-order valence-electron chi connectivity index (χ4n) is 3.92. The number of benzene rings is 4. The first-order valence-electron chi connectivity index (χ1n) is 10.9. The molecular weight excluding hydrogens is 508 g/mol. The summed E-state index contributed by atoms with van der Waals surface area (Å²) in [4.78, 5) is 38.9. The van der Waals surface area contributed by atoms with Crippen LogP contribution in [0.1, 0.15) is 11.1 Å². The third-order valence-electron chi connectivity index (χ3n) is 5.63. The summed E-state index contributed by atoms with van der Waals surface area (Å²) in [5.41, 5.74) is 1.88. The fraction of sp³-hybridized carbons (Fsp3) is 0.0357. The van der Waals surface area contributed by atoms with Crippen LogP contribution in [-0.4, -0.2) is 17.8 Å². The number of fused-ring (bicyclic) bond motifs is 1. The van der Waals surface area contributed by atoms with Gasteiger partial charge in [0.25, 0.3) is 11.8 Å². The van der Waals surface area contributed by atoms with Crippen LogP contribution in [0.15, 0.2) is 101 Å². The Morgan fingerprint density at radius 1 is 0.857 bits per heavy atom. The molecule has 0 aromatic heterocycles. The predicted molar refractivity (Wildman–Crippen MR) is 138 cm³/mol. The van der Waals surface area contributed by atoms with Gasteiger partial charge < -0.3 is 4.74 Å². The van der Waals surface area contributed by atoms with E-state index in [1.807, 2.05) is 30.3 Å². The van der Waals surface area contributed by atoms with Gasteiger partial charge in [0.1, 0.15) is 17.9 Å². The fourth-order valence-corrected chi connectivity index (χ4v) is 4.19. The van der Waals surface area contributed by atoms with Crippen molar-refractivity contribution in [2.24, 2.45) is 0 Å².